The first kappa shape index (κ1) is 25.6. The van der Waals surface area contributed by atoms with Gasteiger partial charge < -0.3 is 19.3 Å². The van der Waals surface area contributed by atoms with Crippen LogP contribution in [0.3, 0.4) is 0 Å². The minimum absolute atomic E-state index is 0.0737. The number of phenols is 1. The van der Waals surface area contributed by atoms with Crippen LogP contribution in [0.15, 0.2) is 34.8 Å². The predicted molar refractivity (Wildman–Crippen MR) is 130 cm³/mol. The van der Waals surface area contributed by atoms with Crippen molar-refractivity contribution in [1.82, 2.24) is 15.8 Å². The second kappa shape index (κ2) is 11.9. The summed E-state index contributed by atoms with van der Waals surface area (Å²) in [7, 11) is 3.22. The number of para-hydroxylation sites is 1. The Balaban J connectivity index is 1.47. The number of phenolic OH excluding ortho intramolecular Hbond substituents is 1. The van der Waals surface area contributed by atoms with E-state index < -0.39 is 12.0 Å². The fourth-order valence-corrected chi connectivity index (χ4v) is 4.38. The highest BCUT2D eigenvalue weighted by Gasteiger charge is 2.23. The Kier molecular flexibility index (Phi) is 9.00. The lowest BCUT2D eigenvalue weighted by Gasteiger charge is -2.32. The molecule has 1 saturated heterocycles. The first-order valence-electron chi connectivity index (χ1n) is 11.0. The lowest BCUT2D eigenvalue weighted by Crippen LogP contribution is -2.43. The summed E-state index contributed by atoms with van der Waals surface area (Å²) in [6.45, 7) is 4.36. The van der Waals surface area contributed by atoms with Crippen molar-refractivity contribution < 1.29 is 28.9 Å². The van der Waals surface area contributed by atoms with Crippen LogP contribution in [0.1, 0.15) is 34.3 Å². The Hall–Kier alpha value is -2.98. The lowest BCUT2D eigenvalue weighted by atomic mass is 9.98. The lowest BCUT2D eigenvalue weighted by molar-refractivity contribution is 0.0790. The molecule has 34 heavy (non-hydrogen) atoms. The van der Waals surface area contributed by atoms with Gasteiger partial charge in [-0.3, -0.25) is 15.1 Å². The maximum absolute atomic E-state index is 12.2. The van der Waals surface area contributed by atoms with Crippen molar-refractivity contribution in [1.29, 1.82) is 0 Å². The summed E-state index contributed by atoms with van der Waals surface area (Å²) in [5, 5.41) is 9.98. The number of nitrogens with one attached hydrogen (secondary N) is 2. The van der Waals surface area contributed by atoms with Gasteiger partial charge >= 0.3 is 6.09 Å². The number of hydrazine groups is 1. The molecular weight excluding hydrogens is 506 g/mol. The van der Waals surface area contributed by atoms with E-state index in [9.17, 15) is 14.7 Å². The number of rotatable bonds is 7. The first-order chi connectivity index (χ1) is 16.3. The van der Waals surface area contributed by atoms with Crippen molar-refractivity contribution in [2.45, 2.75) is 26.3 Å². The van der Waals surface area contributed by atoms with Crippen LogP contribution in [-0.2, 0) is 11.3 Å². The van der Waals surface area contributed by atoms with E-state index in [1.165, 1.54) is 6.07 Å². The molecule has 9 nitrogen and oxygen atoms in total. The van der Waals surface area contributed by atoms with Gasteiger partial charge in [-0.1, -0.05) is 28.1 Å². The average Bonchev–Trinajstić information content (AvgIpc) is 2.84. The molecule has 0 saturated carbocycles. The molecule has 1 fully saturated rings. The van der Waals surface area contributed by atoms with Crippen molar-refractivity contribution in [2.24, 2.45) is 5.92 Å². The molecule has 2 amide bonds. The second-order valence-corrected chi connectivity index (χ2v) is 9.04. The number of hydrogen-bond donors (Lipinski definition) is 3. The van der Waals surface area contributed by atoms with E-state index in [-0.39, 0.29) is 23.8 Å². The molecule has 1 aliphatic rings. The van der Waals surface area contributed by atoms with Crippen LogP contribution in [-0.4, -0.2) is 55.9 Å². The number of benzene rings is 2. The van der Waals surface area contributed by atoms with Gasteiger partial charge in [-0.05, 0) is 55.6 Å². The summed E-state index contributed by atoms with van der Waals surface area (Å²) >= 11 is 3.61. The summed E-state index contributed by atoms with van der Waals surface area (Å²) in [5.41, 5.74) is 6.22. The molecule has 184 valence electrons. The molecule has 0 radical (unpaired) electrons. The smallest absolute Gasteiger partial charge is 0.426 e. The van der Waals surface area contributed by atoms with Crippen LogP contribution >= 0.6 is 15.9 Å². The number of halogens is 1. The largest absolute Gasteiger partial charge is 0.507 e. The zero-order chi connectivity index (χ0) is 24.7. The molecule has 0 bridgehead atoms. The second-order valence-electron chi connectivity index (χ2n) is 8.19. The quantitative estimate of drug-likeness (QED) is 0.463. The number of likely N-dealkylation sites (tertiary alicyclic amines) is 1. The standard InChI is InChI=1S/C24H30BrN3O6/c1-15-6-4-8-18(22(15)29)23(30)26-27-24(31)34-14-16-7-5-9-28(12-16)13-17-10-20(32-2)21(33-3)11-19(17)25/h4,6,8,10-11,16,29H,5,7,9,12-14H2,1-3H3,(H,26,30)(H,27,31). The molecule has 2 aromatic carbocycles. The van der Waals surface area contributed by atoms with E-state index in [1.807, 2.05) is 12.1 Å². The summed E-state index contributed by atoms with van der Waals surface area (Å²) in [6.07, 6.45) is 1.19. The molecule has 1 aliphatic heterocycles. The molecule has 1 atom stereocenters. The molecular formula is C24H30BrN3O6. The number of carbonyl (C=O) groups is 2. The number of amides is 2. The summed E-state index contributed by atoms with van der Waals surface area (Å²) in [5.74, 6) is 0.769. The van der Waals surface area contributed by atoms with E-state index in [0.29, 0.717) is 17.1 Å². The molecule has 0 spiro atoms. The topological polar surface area (TPSA) is 109 Å². The minimum atomic E-state index is -0.750. The number of nitrogens with zero attached hydrogens (tertiary/aromatic N) is 1. The highest BCUT2D eigenvalue weighted by atomic mass is 79.9. The van der Waals surface area contributed by atoms with Gasteiger partial charge in [0.1, 0.15) is 5.75 Å². The highest BCUT2D eigenvalue weighted by molar-refractivity contribution is 9.10. The zero-order valence-electron chi connectivity index (χ0n) is 19.5. The van der Waals surface area contributed by atoms with Crippen LogP contribution < -0.4 is 20.3 Å². The molecule has 10 heteroatoms. The van der Waals surface area contributed by atoms with Crippen molar-refractivity contribution in [3.63, 3.8) is 0 Å². The van der Waals surface area contributed by atoms with Crippen molar-refractivity contribution in [2.75, 3.05) is 33.9 Å². The number of carbonyl (C=O) groups excluding carboxylic acids is 2. The Labute approximate surface area is 207 Å². The molecule has 3 N–H and O–H groups in total. The van der Waals surface area contributed by atoms with Gasteiger partial charge in [0.15, 0.2) is 11.5 Å². The van der Waals surface area contributed by atoms with Gasteiger partial charge in [-0.15, -0.1) is 0 Å². The summed E-state index contributed by atoms with van der Waals surface area (Å²) < 4.78 is 17.0. The van der Waals surface area contributed by atoms with E-state index in [4.69, 9.17) is 14.2 Å². The first-order valence-corrected chi connectivity index (χ1v) is 11.8. The van der Waals surface area contributed by atoms with Crippen molar-refractivity contribution in [3.8, 4) is 17.2 Å². The fraction of sp³-hybridized carbons (Fsp3) is 0.417. The predicted octanol–water partition coefficient (Wildman–Crippen LogP) is 3.76. The molecule has 1 heterocycles. The maximum Gasteiger partial charge on any atom is 0.426 e. The molecule has 0 aliphatic carbocycles. The summed E-state index contributed by atoms with van der Waals surface area (Å²) in [6, 6.07) is 8.67. The number of aromatic hydroxyl groups is 1. The fourth-order valence-electron chi connectivity index (χ4n) is 3.94. The molecule has 2 aromatic rings. The third kappa shape index (κ3) is 6.54. The van der Waals surface area contributed by atoms with E-state index >= 15 is 0 Å². The maximum atomic E-state index is 12.2. The Morgan fingerprint density at radius 1 is 1.18 bits per heavy atom. The average molecular weight is 536 g/mol. The number of ether oxygens (including phenoxy) is 3. The van der Waals surface area contributed by atoms with Crippen LogP contribution in [0.2, 0.25) is 0 Å². The Bertz CT molecular complexity index is 1030. The SMILES string of the molecule is COc1cc(Br)c(CN2CCCC(COC(=O)NNC(=O)c3cccc(C)c3O)C2)cc1OC. The van der Waals surface area contributed by atoms with Gasteiger partial charge in [0, 0.05) is 23.5 Å². The van der Waals surface area contributed by atoms with Crippen molar-refractivity contribution >= 4 is 27.9 Å². The third-order valence-corrected chi connectivity index (χ3v) is 6.50. The van der Waals surface area contributed by atoms with E-state index in [0.717, 1.165) is 42.5 Å². The monoisotopic (exact) mass is 535 g/mol. The van der Waals surface area contributed by atoms with Crippen LogP contribution in [0.25, 0.3) is 0 Å². The van der Waals surface area contributed by atoms with Crippen LogP contribution in [0.5, 0.6) is 17.2 Å². The Morgan fingerprint density at radius 2 is 1.91 bits per heavy atom. The Morgan fingerprint density at radius 3 is 2.65 bits per heavy atom. The molecule has 3 rings (SSSR count). The van der Waals surface area contributed by atoms with E-state index in [2.05, 4.69) is 31.7 Å². The van der Waals surface area contributed by atoms with Crippen molar-refractivity contribution in [3.05, 3.63) is 51.5 Å². The third-order valence-electron chi connectivity index (χ3n) is 5.76. The normalized spacial score (nSPS) is 15.9. The molecule has 1 unspecified atom stereocenters. The number of hydrogen-bond acceptors (Lipinski definition) is 7. The van der Waals surface area contributed by atoms with Gasteiger partial charge in [0.2, 0.25) is 0 Å². The number of aryl methyl sites for hydroxylation is 1. The van der Waals surface area contributed by atoms with Gasteiger partial charge in [-0.25, -0.2) is 10.2 Å². The van der Waals surface area contributed by atoms with E-state index in [1.54, 1.807) is 33.3 Å². The molecule has 0 aromatic heterocycles. The number of piperidine rings is 1. The van der Waals surface area contributed by atoms with Gasteiger partial charge in [0.05, 0.1) is 26.4 Å². The van der Waals surface area contributed by atoms with Gasteiger partial charge in [-0.2, -0.15) is 0 Å². The van der Waals surface area contributed by atoms with Crippen LogP contribution in [0, 0.1) is 12.8 Å². The number of methoxy groups -OCH3 is 2. The minimum Gasteiger partial charge on any atom is -0.507 e. The van der Waals surface area contributed by atoms with Crippen LogP contribution in [0.4, 0.5) is 4.79 Å². The highest BCUT2D eigenvalue weighted by Crippen LogP contribution is 2.34. The zero-order valence-corrected chi connectivity index (χ0v) is 21.1. The van der Waals surface area contributed by atoms with Gasteiger partial charge in [0.25, 0.3) is 5.91 Å². The summed E-state index contributed by atoms with van der Waals surface area (Å²) in [4.78, 5) is 26.6.